The quantitative estimate of drug-likeness (QED) is 0.151. The zero-order valence-corrected chi connectivity index (χ0v) is 32.9. The van der Waals surface area contributed by atoms with Crippen molar-refractivity contribution in [3.8, 4) is 11.1 Å². The second-order valence-corrected chi connectivity index (χ2v) is 25.1. The first-order valence-electron chi connectivity index (χ1n) is 17.3. The first-order valence-corrected chi connectivity index (χ1v) is 22.1. The summed E-state index contributed by atoms with van der Waals surface area (Å²) in [6.45, 7) is 25.1. The van der Waals surface area contributed by atoms with E-state index < -0.39 is 16.6 Å². The summed E-state index contributed by atoms with van der Waals surface area (Å²) in [6.07, 6.45) is 0. The molecule has 3 aromatic carbocycles. The zero-order chi connectivity index (χ0) is 35.5. The van der Waals surface area contributed by atoms with Crippen LogP contribution in [0.25, 0.3) is 11.1 Å². The maximum atomic E-state index is 14.2. The van der Waals surface area contributed by atoms with Gasteiger partial charge in [-0.1, -0.05) is 135 Å². The van der Waals surface area contributed by atoms with E-state index in [1.165, 1.54) is 22.5 Å². The van der Waals surface area contributed by atoms with Crippen LogP contribution in [0.5, 0.6) is 0 Å². The number of benzene rings is 3. The van der Waals surface area contributed by atoms with Crippen molar-refractivity contribution < 1.29 is 18.3 Å². The Hall–Kier alpha value is -2.95. The monoisotopic (exact) mass is 685 g/mol. The average Bonchev–Trinajstić information content (AvgIpc) is 3.03. The molecule has 4 nitrogen and oxygen atoms in total. The third-order valence-corrected chi connectivity index (χ3v) is 19.6. The third-order valence-electron chi connectivity index (χ3n) is 10.1. The number of hydrogen-bond donors (Lipinski definition) is 1. The molecule has 1 atom stereocenters. The van der Waals surface area contributed by atoms with Gasteiger partial charge in [-0.3, -0.25) is 4.98 Å². The minimum absolute atomic E-state index is 0.00627. The Morgan fingerprint density at radius 2 is 1.23 bits per heavy atom. The molecule has 0 bridgehead atoms. The van der Waals surface area contributed by atoms with Crippen molar-refractivity contribution in [2.75, 3.05) is 6.61 Å². The van der Waals surface area contributed by atoms with E-state index in [9.17, 15) is 9.50 Å². The lowest BCUT2D eigenvalue weighted by atomic mass is 9.87. The summed E-state index contributed by atoms with van der Waals surface area (Å²) >= 11 is 0. The highest BCUT2D eigenvalue weighted by molar-refractivity contribution is 6.99. The van der Waals surface area contributed by atoms with Crippen molar-refractivity contribution in [3.63, 3.8) is 0 Å². The van der Waals surface area contributed by atoms with Crippen molar-refractivity contribution in [1.82, 2.24) is 4.98 Å². The highest BCUT2D eigenvalue weighted by Crippen LogP contribution is 2.42. The fourth-order valence-corrected chi connectivity index (χ4v) is 12.0. The van der Waals surface area contributed by atoms with Gasteiger partial charge in [-0.25, -0.2) is 4.39 Å². The number of halogens is 1. The van der Waals surface area contributed by atoms with Crippen molar-refractivity contribution in [1.29, 1.82) is 0 Å². The molecule has 0 amide bonds. The van der Waals surface area contributed by atoms with Gasteiger partial charge in [0.05, 0.1) is 18.9 Å². The van der Waals surface area contributed by atoms with Crippen LogP contribution in [-0.4, -0.2) is 33.3 Å². The third kappa shape index (κ3) is 7.76. The van der Waals surface area contributed by atoms with Gasteiger partial charge in [0.15, 0.2) is 8.32 Å². The van der Waals surface area contributed by atoms with Crippen LogP contribution < -0.4 is 10.4 Å². The molecular formula is C41H56FNO3Si2. The summed E-state index contributed by atoms with van der Waals surface area (Å²) in [4.78, 5) is 5.35. The summed E-state index contributed by atoms with van der Waals surface area (Å²) in [7, 11) is -4.98. The highest BCUT2D eigenvalue weighted by Gasteiger charge is 2.50. The number of aliphatic hydroxyl groups is 1. The first kappa shape index (κ1) is 37.9. The van der Waals surface area contributed by atoms with Gasteiger partial charge in [-0.2, -0.15) is 0 Å². The van der Waals surface area contributed by atoms with E-state index in [0.29, 0.717) is 13.2 Å². The smallest absolute Gasteiger partial charge is 0.261 e. The molecule has 1 N–H and O–H groups in total. The fraction of sp³-hybridized carbons (Fsp3) is 0.439. The van der Waals surface area contributed by atoms with Crippen molar-refractivity contribution in [3.05, 3.63) is 113 Å². The normalized spacial score (nSPS) is 13.6. The Labute approximate surface area is 291 Å². The molecule has 7 heteroatoms. The summed E-state index contributed by atoms with van der Waals surface area (Å²) in [6, 6.07) is 28.0. The minimum Gasteiger partial charge on any atom is -0.412 e. The Bertz CT molecular complexity index is 1600. The maximum absolute atomic E-state index is 14.2. The van der Waals surface area contributed by atoms with Crippen LogP contribution in [0.2, 0.25) is 23.2 Å². The van der Waals surface area contributed by atoms with Crippen LogP contribution in [0.1, 0.15) is 96.7 Å². The molecule has 1 heterocycles. The number of aliphatic hydroxyl groups excluding tert-OH is 1. The Morgan fingerprint density at radius 3 is 1.67 bits per heavy atom. The Morgan fingerprint density at radius 1 is 0.708 bits per heavy atom. The number of rotatable bonds is 12. The number of aromatic nitrogens is 1. The molecule has 0 unspecified atom stereocenters. The topological polar surface area (TPSA) is 51.6 Å². The van der Waals surface area contributed by atoms with Crippen molar-refractivity contribution in [2.45, 2.75) is 111 Å². The second-order valence-electron chi connectivity index (χ2n) is 16.0. The van der Waals surface area contributed by atoms with Crippen molar-refractivity contribution >= 4 is 27.0 Å². The van der Waals surface area contributed by atoms with Gasteiger partial charge in [0.2, 0.25) is 0 Å². The van der Waals surface area contributed by atoms with Crippen LogP contribution in [0.4, 0.5) is 4.39 Å². The van der Waals surface area contributed by atoms with Gasteiger partial charge >= 0.3 is 0 Å². The molecule has 0 aliphatic carbocycles. The molecule has 0 saturated heterocycles. The Balaban J connectivity index is 1.94. The van der Waals surface area contributed by atoms with Crippen molar-refractivity contribution in [2.24, 2.45) is 0 Å². The van der Waals surface area contributed by atoms with Gasteiger partial charge in [-0.05, 0) is 62.7 Å². The lowest BCUT2D eigenvalue weighted by Gasteiger charge is -2.43. The Kier molecular flexibility index (Phi) is 11.7. The van der Waals surface area contributed by atoms with Gasteiger partial charge in [0.25, 0.3) is 8.32 Å². The summed E-state index contributed by atoms with van der Waals surface area (Å²) in [5, 5.41) is 13.2. The molecule has 48 heavy (non-hydrogen) atoms. The molecule has 258 valence electrons. The minimum atomic E-state index is -2.81. The average molecular weight is 686 g/mol. The van der Waals surface area contributed by atoms with Gasteiger partial charge in [0.1, 0.15) is 5.82 Å². The molecule has 1 aromatic heterocycles. The first-order chi connectivity index (χ1) is 22.4. The highest BCUT2D eigenvalue weighted by atomic mass is 28.4. The predicted octanol–water partition coefficient (Wildman–Crippen LogP) is 9.71. The predicted molar refractivity (Wildman–Crippen MR) is 204 cm³/mol. The molecule has 0 aliphatic rings. The van der Waals surface area contributed by atoms with E-state index in [-0.39, 0.29) is 34.3 Å². The van der Waals surface area contributed by atoms with Gasteiger partial charge < -0.3 is 14.0 Å². The van der Waals surface area contributed by atoms with Crippen LogP contribution in [0, 0.1) is 5.82 Å². The van der Waals surface area contributed by atoms with Crippen LogP contribution in [0.15, 0.2) is 84.9 Å². The van der Waals surface area contributed by atoms with E-state index in [4.69, 9.17) is 13.8 Å². The molecule has 0 radical (unpaired) electrons. The molecular weight excluding hydrogens is 630 g/mol. The lowest BCUT2D eigenvalue weighted by Crippen LogP contribution is -2.66. The van der Waals surface area contributed by atoms with Crippen LogP contribution >= 0.6 is 0 Å². The van der Waals surface area contributed by atoms with Crippen LogP contribution in [-0.2, 0) is 22.1 Å². The molecule has 0 aliphatic heterocycles. The second kappa shape index (κ2) is 14.9. The molecule has 0 saturated carbocycles. The summed E-state index contributed by atoms with van der Waals surface area (Å²) < 4.78 is 28.6. The van der Waals surface area contributed by atoms with E-state index in [2.05, 4.69) is 136 Å². The van der Waals surface area contributed by atoms with Gasteiger partial charge in [0, 0.05) is 29.3 Å². The number of pyridine rings is 1. The number of nitrogens with zero attached hydrogens (tertiary/aromatic N) is 1. The molecule has 4 rings (SSSR count). The molecule has 0 spiro atoms. The van der Waals surface area contributed by atoms with E-state index in [0.717, 1.165) is 33.6 Å². The standard InChI is InChI=1S/C41H56FNO3Si2/c1-29(2)38-35(26-44)37(31-22-24-32(42)25-23-31)36(28-45-47(10,11)40(4,5)6)39(43-38)30(3)27-46-48(41(7,8)9,33-18-14-12-15-19-33)34-20-16-13-17-21-34/h12-25,29-30,44H,26-28H2,1-11H3/t30-/m1/s1. The molecule has 0 fully saturated rings. The number of hydrogen-bond acceptors (Lipinski definition) is 4. The fourth-order valence-electron chi connectivity index (χ4n) is 6.42. The van der Waals surface area contributed by atoms with E-state index in [1.54, 1.807) is 12.1 Å². The SMILES string of the molecule is CC(C)c1nc([C@H](C)CO[Si](c2ccccc2)(c2ccccc2)C(C)(C)C)c(CO[Si](C)(C)C(C)(C)C)c(-c2ccc(F)cc2)c1CO. The van der Waals surface area contributed by atoms with E-state index in [1.807, 2.05) is 0 Å². The summed E-state index contributed by atoms with van der Waals surface area (Å²) in [5.74, 6) is -0.340. The van der Waals surface area contributed by atoms with Crippen LogP contribution in [0.3, 0.4) is 0 Å². The van der Waals surface area contributed by atoms with E-state index >= 15 is 0 Å². The maximum Gasteiger partial charge on any atom is 0.261 e. The lowest BCUT2D eigenvalue weighted by molar-refractivity contribution is 0.260. The zero-order valence-electron chi connectivity index (χ0n) is 30.9. The van der Waals surface area contributed by atoms with Gasteiger partial charge in [-0.15, -0.1) is 0 Å². The molecule has 4 aromatic rings. The largest absolute Gasteiger partial charge is 0.412 e. The summed E-state index contributed by atoms with van der Waals surface area (Å²) in [5.41, 5.74) is 5.21.